The Morgan fingerprint density at radius 1 is 1.03 bits per heavy atom. The molecule has 6 heteroatoms. The Morgan fingerprint density at radius 2 is 1.72 bits per heavy atom. The average Bonchev–Trinajstić information content (AvgIpc) is 2.71. The van der Waals surface area contributed by atoms with Crippen molar-refractivity contribution in [2.45, 2.75) is 20.0 Å². The highest BCUT2D eigenvalue weighted by molar-refractivity contribution is 5.47. The second kappa shape index (κ2) is 10.6. The van der Waals surface area contributed by atoms with Crippen molar-refractivity contribution in [3.05, 3.63) is 59.4 Å². The highest BCUT2D eigenvalue weighted by Crippen LogP contribution is 2.22. The zero-order valence-electron chi connectivity index (χ0n) is 17.4. The Hall–Kier alpha value is -2.15. The third kappa shape index (κ3) is 6.16. The van der Waals surface area contributed by atoms with E-state index in [1.165, 1.54) is 11.0 Å². The molecule has 29 heavy (non-hydrogen) atoms. The molecule has 3 rings (SSSR count). The van der Waals surface area contributed by atoms with Crippen LogP contribution < -0.4 is 14.5 Å². The smallest absolute Gasteiger partial charge is 0.146 e. The van der Waals surface area contributed by atoms with E-state index in [0.717, 1.165) is 43.1 Å². The maximum absolute atomic E-state index is 13.9. The van der Waals surface area contributed by atoms with Crippen LogP contribution in [0.25, 0.3) is 0 Å². The van der Waals surface area contributed by atoms with Gasteiger partial charge in [0.05, 0.1) is 45.1 Å². The fourth-order valence-electron chi connectivity index (χ4n) is 3.82. The van der Waals surface area contributed by atoms with E-state index in [2.05, 4.69) is 4.90 Å². The number of rotatable bonds is 9. The number of hydrogen-bond donors (Lipinski definition) is 2. The van der Waals surface area contributed by atoms with Crippen molar-refractivity contribution in [1.82, 2.24) is 0 Å². The van der Waals surface area contributed by atoms with E-state index >= 15 is 0 Å². The number of anilines is 1. The van der Waals surface area contributed by atoms with Gasteiger partial charge in [0.2, 0.25) is 0 Å². The molecule has 0 aliphatic carbocycles. The van der Waals surface area contributed by atoms with Crippen LogP contribution in [0, 0.1) is 19.7 Å². The number of aryl methyl sites for hydroxylation is 2. The Kier molecular flexibility index (Phi) is 7.86. The van der Waals surface area contributed by atoms with Crippen LogP contribution in [0.3, 0.4) is 0 Å². The van der Waals surface area contributed by atoms with Gasteiger partial charge in [-0.25, -0.2) is 4.39 Å². The lowest BCUT2D eigenvalue weighted by Gasteiger charge is -2.34. The summed E-state index contributed by atoms with van der Waals surface area (Å²) < 4.78 is 25.3. The van der Waals surface area contributed by atoms with Gasteiger partial charge in [-0.15, -0.1) is 0 Å². The Labute approximate surface area is 172 Å². The van der Waals surface area contributed by atoms with Crippen LogP contribution in [0.1, 0.15) is 11.1 Å². The molecule has 0 unspecified atom stereocenters. The molecule has 0 radical (unpaired) electrons. The molecule has 0 spiro atoms. The van der Waals surface area contributed by atoms with E-state index in [4.69, 9.17) is 9.47 Å². The number of piperazine rings is 1. The van der Waals surface area contributed by atoms with Gasteiger partial charge in [-0.2, -0.15) is 0 Å². The number of nitrogens with one attached hydrogen (secondary N) is 1. The van der Waals surface area contributed by atoms with Crippen molar-refractivity contribution < 1.29 is 23.9 Å². The summed E-state index contributed by atoms with van der Waals surface area (Å²) in [6.45, 7) is 9.24. The van der Waals surface area contributed by atoms with Crippen molar-refractivity contribution in [3.63, 3.8) is 0 Å². The number of para-hydroxylation sites is 2. The average molecular weight is 404 g/mol. The van der Waals surface area contributed by atoms with E-state index in [1.807, 2.05) is 44.2 Å². The molecule has 0 amide bonds. The lowest BCUT2D eigenvalue weighted by atomic mass is 10.1. The molecule has 0 bridgehead atoms. The topological polar surface area (TPSA) is 46.4 Å². The highest BCUT2D eigenvalue weighted by atomic mass is 19.1. The molecule has 2 N–H and O–H groups in total. The number of quaternary nitrogens is 1. The first-order chi connectivity index (χ1) is 14.0. The fourth-order valence-corrected chi connectivity index (χ4v) is 3.82. The Morgan fingerprint density at radius 3 is 2.41 bits per heavy atom. The molecule has 2 aromatic carbocycles. The largest absolute Gasteiger partial charge is 0.491 e. The minimum Gasteiger partial charge on any atom is -0.491 e. The normalized spacial score (nSPS) is 16.1. The summed E-state index contributed by atoms with van der Waals surface area (Å²) in [7, 11) is 0. The summed E-state index contributed by atoms with van der Waals surface area (Å²) in [5.74, 6) is 0.737. The highest BCUT2D eigenvalue weighted by Gasteiger charge is 2.23. The van der Waals surface area contributed by atoms with E-state index in [-0.39, 0.29) is 5.82 Å². The monoisotopic (exact) mass is 403 g/mol. The number of ether oxygens (including phenoxy) is 2. The summed E-state index contributed by atoms with van der Waals surface area (Å²) in [4.78, 5) is 3.40. The van der Waals surface area contributed by atoms with Gasteiger partial charge in [-0.1, -0.05) is 30.3 Å². The van der Waals surface area contributed by atoms with Gasteiger partial charge in [-0.3, -0.25) is 0 Å². The van der Waals surface area contributed by atoms with Crippen LogP contribution in [-0.4, -0.2) is 63.8 Å². The van der Waals surface area contributed by atoms with Gasteiger partial charge in [0.15, 0.2) is 0 Å². The molecule has 1 aliphatic rings. The third-order valence-electron chi connectivity index (χ3n) is 5.38. The first kappa shape index (κ1) is 21.6. The van der Waals surface area contributed by atoms with Crippen LogP contribution in [-0.2, 0) is 4.74 Å². The summed E-state index contributed by atoms with van der Waals surface area (Å²) in [6, 6.07) is 13.0. The van der Waals surface area contributed by atoms with Crippen molar-refractivity contribution in [3.8, 4) is 5.75 Å². The summed E-state index contributed by atoms with van der Waals surface area (Å²) in [5, 5.41) is 10.3. The molecule has 1 heterocycles. The van der Waals surface area contributed by atoms with Crippen molar-refractivity contribution >= 4 is 5.69 Å². The molecular weight excluding hydrogens is 371 g/mol. The van der Waals surface area contributed by atoms with Gasteiger partial charge in [0.25, 0.3) is 0 Å². The van der Waals surface area contributed by atoms with Crippen LogP contribution in [0.15, 0.2) is 42.5 Å². The third-order valence-corrected chi connectivity index (χ3v) is 5.38. The summed E-state index contributed by atoms with van der Waals surface area (Å²) in [6.07, 6.45) is -0.509. The molecule has 1 atom stereocenters. The zero-order valence-corrected chi connectivity index (χ0v) is 17.4. The van der Waals surface area contributed by atoms with Gasteiger partial charge in [-0.05, 0) is 37.1 Å². The van der Waals surface area contributed by atoms with Gasteiger partial charge < -0.3 is 24.4 Å². The quantitative estimate of drug-likeness (QED) is 0.625. The molecule has 158 valence electrons. The Balaban J connectivity index is 1.31. The molecule has 1 saturated heterocycles. The Bertz CT molecular complexity index is 758. The number of hydrogen-bond acceptors (Lipinski definition) is 4. The first-order valence-corrected chi connectivity index (χ1v) is 10.3. The number of halogens is 1. The maximum Gasteiger partial charge on any atom is 0.146 e. The van der Waals surface area contributed by atoms with Crippen LogP contribution in [0.4, 0.5) is 10.1 Å². The van der Waals surface area contributed by atoms with E-state index in [0.29, 0.717) is 32.1 Å². The van der Waals surface area contributed by atoms with Gasteiger partial charge in [0.1, 0.15) is 30.8 Å². The molecule has 2 aromatic rings. The predicted molar refractivity (Wildman–Crippen MR) is 112 cm³/mol. The molecular formula is C23H32FN2O3+. The molecule has 1 fully saturated rings. The lowest BCUT2D eigenvalue weighted by Crippen LogP contribution is -3.16. The molecule has 0 aromatic heterocycles. The SMILES string of the molecule is Cc1cccc(C)c1OCCOC[C@@H](O)C[NH+]1CCN(c2ccccc2F)CC1. The minimum atomic E-state index is -0.509. The standard InChI is InChI=1S/C23H31FN2O3/c1-18-6-5-7-19(2)23(18)29-15-14-28-17-20(27)16-25-10-12-26(13-11-25)22-9-4-3-8-21(22)24/h3-9,20,27H,10-17H2,1-2H3/p+1/t20-/m0/s1. The van der Waals surface area contributed by atoms with Crippen molar-refractivity contribution in [2.24, 2.45) is 0 Å². The first-order valence-electron chi connectivity index (χ1n) is 10.3. The second-order valence-corrected chi connectivity index (χ2v) is 7.69. The van der Waals surface area contributed by atoms with Crippen LogP contribution in [0.5, 0.6) is 5.75 Å². The van der Waals surface area contributed by atoms with Crippen LogP contribution in [0.2, 0.25) is 0 Å². The number of aliphatic hydroxyl groups is 1. The molecule has 1 aliphatic heterocycles. The summed E-state index contributed by atoms with van der Waals surface area (Å²) in [5.41, 5.74) is 2.89. The zero-order chi connectivity index (χ0) is 20.6. The molecule has 5 nitrogen and oxygen atoms in total. The van der Waals surface area contributed by atoms with Gasteiger partial charge >= 0.3 is 0 Å². The fraction of sp³-hybridized carbons (Fsp3) is 0.478. The van der Waals surface area contributed by atoms with Crippen LogP contribution >= 0.6 is 0 Å². The van der Waals surface area contributed by atoms with Crippen molar-refractivity contribution in [1.29, 1.82) is 0 Å². The molecule has 0 saturated carbocycles. The number of benzene rings is 2. The van der Waals surface area contributed by atoms with Gasteiger partial charge in [0, 0.05) is 0 Å². The number of aliphatic hydroxyl groups excluding tert-OH is 1. The van der Waals surface area contributed by atoms with E-state index < -0.39 is 6.10 Å². The van der Waals surface area contributed by atoms with Crippen molar-refractivity contribution in [2.75, 3.05) is 57.4 Å². The lowest BCUT2D eigenvalue weighted by molar-refractivity contribution is -0.903. The minimum absolute atomic E-state index is 0.174. The predicted octanol–water partition coefficient (Wildman–Crippen LogP) is 1.60. The summed E-state index contributed by atoms with van der Waals surface area (Å²) >= 11 is 0. The number of nitrogens with zero attached hydrogens (tertiary/aromatic N) is 1. The van der Waals surface area contributed by atoms with E-state index in [9.17, 15) is 9.50 Å². The second-order valence-electron chi connectivity index (χ2n) is 7.69. The maximum atomic E-state index is 13.9. The van der Waals surface area contributed by atoms with E-state index in [1.54, 1.807) is 6.07 Å².